The SMILES string of the molecule is O=C(NCCC1CCCO1)NCC1CCn2ccnc2C1. The van der Waals surface area contributed by atoms with Gasteiger partial charge in [-0.25, -0.2) is 9.78 Å². The van der Waals surface area contributed by atoms with Crippen LogP contribution in [0.4, 0.5) is 4.79 Å². The molecule has 2 N–H and O–H groups in total. The molecule has 2 atom stereocenters. The van der Waals surface area contributed by atoms with Crippen LogP contribution in [0.25, 0.3) is 0 Å². The van der Waals surface area contributed by atoms with Crippen molar-refractivity contribution in [1.29, 1.82) is 0 Å². The monoisotopic (exact) mass is 292 g/mol. The van der Waals surface area contributed by atoms with Gasteiger partial charge in [-0.15, -0.1) is 0 Å². The highest BCUT2D eigenvalue weighted by atomic mass is 16.5. The summed E-state index contributed by atoms with van der Waals surface area (Å²) in [6.07, 6.45) is 9.44. The minimum Gasteiger partial charge on any atom is -0.378 e. The molecule has 0 radical (unpaired) electrons. The third-order valence-electron chi connectivity index (χ3n) is 4.38. The van der Waals surface area contributed by atoms with E-state index in [0.29, 0.717) is 18.6 Å². The normalized spacial score (nSPS) is 24.6. The van der Waals surface area contributed by atoms with Gasteiger partial charge in [-0.1, -0.05) is 0 Å². The topological polar surface area (TPSA) is 68.2 Å². The fourth-order valence-electron chi connectivity index (χ4n) is 3.11. The van der Waals surface area contributed by atoms with Gasteiger partial charge in [0.15, 0.2) is 0 Å². The van der Waals surface area contributed by atoms with Crippen LogP contribution in [-0.4, -0.2) is 41.4 Å². The lowest BCUT2D eigenvalue weighted by Gasteiger charge is -2.23. The third kappa shape index (κ3) is 3.97. The number of hydrogen-bond donors (Lipinski definition) is 2. The Morgan fingerprint density at radius 2 is 2.38 bits per heavy atom. The molecule has 0 aromatic carbocycles. The van der Waals surface area contributed by atoms with Crippen LogP contribution >= 0.6 is 0 Å². The summed E-state index contributed by atoms with van der Waals surface area (Å²) in [7, 11) is 0. The first-order valence-electron chi connectivity index (χ1n) is 7.94. The lowest BCUT2D eigenvalue weighted by atomic mass is 9.98. The third-order valence-corrected chi connectivity index (χ3v) is 4.38. The van der Waals surface area contributed by atoms with Gasteiger partial charge in [0.1, 0.15) is 5.82 Å². The smallest absolute Gasteiger partial charge is 0.314 e. The number of aromatic nitrogens is 2. The Hall–Kier alpha value is -1.56. The van der Waals surface area contributed by atoms with E-state index in [-0.39, 0.29) is 6.03 Å². The van der Waals surface area contributed by atoms with Gasteiger partial charge in [0.2, 0.25) is 0 Å². The van der Waals surface area contributed by atoms with Gasteiger partial charge in [0.05, 0.1) is 6.10 Å². The molecule has 6 heteroatoms. The largest absolute Gasteiger partial charge is 0.378 e. The van der Waals surface area contributed by atoms with E-state index in [2.05, 4.69) is 20.2 Å². The average molecular weight is 292 g/mol. The van der Waals surface area contributed by atoms with Crippen molar-refractivity contribution < 1.29 is 9.53 Å². The van der Waals surface area contributed by atoms with Crippen LogP contribution in [-0.2, 0) is 17.7 Å². The van der Waals surface area contributed by atoms with Crippen molar-refractivity contribution in [3.05, 3.63) is 18.2 Å². The molecule has 0 saturated carbocycles. The number of hydrogen-bond acceptors (Lipinski definition) is 3. The molecule has 1 saturated heterocycles. The van der Waals surface area contributed by atoms with Crippen molar-refractivity contribution in [2.75, 3.05) is 19.7 Å². The second-order valence-corrected chi connectivity index (χ2v) is 5.96. The number of aryl methyl sites for hydroxylation is 1. The number of fused-ring (bicyclic) bond motifs is 1. The van der Waals surface area contributed by atoms with Gasteiger partial charge in [-0.05, 0) is 31.6 Å². The van der Waals surface area contributed by atoms with E-state index in [1.807, 2.05) is 12.4 Å². The van der Waals surface area contributed by atoms with E-state index in [0.717, 1.165) is 57.6 Å². The molecule has 2 amide bonds. The number of urea groups is 1. The van der Waals surface area contributed by atoms with Crippen molar-refractivity contribution in [2.45, 2.75) is 44.8 Å². The Morgan fingerprint density at radius 3 is 3.24 bits per heavy atom. The molecule has 0 spiro atoms. The molecule has 0 aliphatic carbocycles. The van der Waals surface area contributed by atoms with Crippen molar-refractivity contribution in [1.82, 2.24) is 20.2 Å². The number of carbonyl (C=O) groups is 1. The van der Waals surface area contributed by atoms with Gasteiger partial charge in [-0.3, -0.25) is 0 Å². The number of carbonyl (C=O) groups excluding carboxylic acids is 1. The van der Waals surface area contributed by atoms with E-state index in [1.165, 1.54) is 0 Å². The molecular weight excluding hydrogens is 268 g/mol. The van der Waals surface area contributed by atoms with Crippen LogP contribution < -0.4 is 10.6 Å². The Bertz CT molecular complexity index is 468. The molecule has 1 aromatic rings. The maximum Gasteiger partial charge on any atom is 0.314 e. The molecule has 21 heavy (non-hydrogen) atoms. The van der Waals surface area contributed by atoms with Crippen molar-refractivity contribution in [3.63, 3.8) is 0 Å². The molecular formula is C15H24N4O2. The summed E-state index contributed by atoms with van der Waals surface area (Å²) < 4.78 is 7.73. The van der Waals surface area contributed by atoms with Gasteiger partial charge in [-0.2, -0.15) is 0 Å². The lowest BCUT2D eigenvalue weighted by Crippen LogP contribution is -2.40. The molecule has 2 aliphatic rings. The second kappa shape index (κ2) is 6.93. The van der Waals surface area contributed by atoms with Crippen LogP contribution in [0.15, 0.2) is 12.4 Å². The summed E-state index contributed by atoms with van der Waals surface area (Å²) in [6, 6.07) is -0.0677. The predicted molar refractivity (Wildman–Crippen MR) is 79.0 cm³/mol. The number of nitrogens with one attached hydrogen (secondary N) is 2. The van der Waals surface area contributed by atoms with Gasteiger partial charge in [0, 0.05) is 45.1 Å². The first-order chi connectivity index (χ1) is 10.3. The Balaban J connectivity index is 1.31. The van der Waals surface area contributed by atoms with Crippen LogP contribution in [0, 0.1) is 5.92 Å². The summed E-state index contributed by atoms with van der Waals surface area (Å²) in [5.41, 5.74) is 0. The lowest BCUT2D eigenvalue weighted by molar-refractivity contribution is 0.104. The molecule has 1 aromatic heterocycles. The van der Waals surface area contributed by atoms with Crippen molar-refractivity contribution in [3.8, 4) is 0 Å². The van der Waals surface area contributed by atoms with Crippen LogP contribution in [0.2, 0.25) is 0 Å². The number of imidazole rings is 1. The van der Waals surface area contributed by atoms with E-state index in [1.54, 1.807) is 0 Å². The molecule has 3 heterocycles. The van der Waals surface area contributed by atoms with Crippen LogP contribution in [0.1, 0.15) is 31.5 Å². The van der Waals surface area contributed by atoms with E-state index in [4.69, 9.17) is 4.74 Å². The maximum atomic E-state index is 11.8. The average Bonchev–Trinajstić information content (AvgIpc) is 3.15. The van der Waals surface area contributed by atoms with Gasteiger partial charge >= 0.3 is 6.03 Å². The first kappa shape index (κ1) is 14.4. The van der Waals surface area contributed by atoms with Crippen LogP contribution in [0.5, 0.6) is 0 Å². The highest BCUT2D eigenvalue weighted by Crippen LogP contribution is 2.18. The molecule has 6 nitrogen and oxygen atoms in total. The summed E-state index contributed by atoms with van der Waals surface area (Å²) in [5.74, 6) is 1.62. The number of nitrogens with zero attached hydrogens (tertiary/aromatic N) is 2. The number of amides is 2. The molecule has 3 rings (SSSR count). The predicted octanol–water partition coefficient (Wildman–Crippen LogP) is 1.31. The minimum atomic E-state index is -0.0677. The summed E-state index contributed by atoms with van der Waals surface area (Å²) in [5, 5.41) is 5.89. The highest BCUT2D eigenvalue weighted by molar-refractivity contribution is 5.73. The Kier molecular flexibility index (Phi) is 4.75. The molecule has 116 valence electrons. The van der Waals surface area contributed by atoms with E-state index < -0.39 is 0 Å². The Morgan fingerprint density at radius 1 is 1.43 bits per heavy atom. The van der Waals surface area contributed by atoms with E-state index >= 15 is 0 Å². The number of ether oxygens (including phenoxy) is 1. The zero-order valence-corrected chi connectivity index (χ0v) is 12.4. The zero-order valence-electron chi connectivity index (χ0n) is 12.4. The zero-order chi connectivity index (χ0) is 14.5. The summed E-state index contributed by atoms with van der Waals surface area (Å²) in [4.78, 5) is 16.1. The summed E-state index contributed by atoms with van der Waals surface area (Å²) >= 11 is 0. The van der Waals surface area contributed by atoms with Gasteiger partial charge < -0.3 is 19.9 Å². The molecule has 0 bridgehead atoms. The van der Waals surface area contributed by atoms with Gasteiger partial charge in [0.25, 0.3) is 0 Å². The fraction of sp³-hybridized carbons (Fsp3) is 0.733. The first-order valence-corrected chi connectivity index (χ1v) is 7.94. The van der Waals surface area contributed by atoms with Crippen molar-refractivity contribution >= 4 is 6.03 Å². The van der Waals surface area contributed by atoms with E-state index in [9.17, 15) is 4.79 Å². The molecule has 1 fully saturated rings. The quantitative estimate of drug-likeness (QED) is 0.860. The highest BCUT2D eigenvalue weighted by Gasteiger charge is 2.19. The molecule has 2 aliphatic heterocycles. The van der Waals surface area contributed by atoms with Crippen molar-refractivity contribution in [2.24, 2.45) is 5.92 Å². The second-order valence-electron chi connectivity index (χ2n) is 5.96. The standard InChI is InChI=1S/C15H24N4O2/c20-15(17-5-3-13-2-1-9-21-13)18-11-12-4-7-19-8-6-16-14(19)10-12/h6,8,12-13H,1-5,7,9-11H2,(H2,17,18,20). The fourth-order valence-corrected chi connectivity index (χ4v) is 3.11. The maximum absolute atomic E-state index is 11.8. The minimum absolute atomic E-state index is 0.0677. The Labute approximate surface area is 125 Å². The number of rotatable bonds is 5. The van der Waals surface area contributed by atoms with Crippen LogP contribution in [0.3, 0.4) is 0 Å². The summed E-state index contributed by atoms with van der Waals surface area (Å²) in [6.45, 7) is 3.28. The molecule has 2 unspecified atom stereocenters.